The highest BCUT2D eigenvalue weighted by atomic mass is 16.6. The van der Waals surface area contributed by atoms with Gasteiger partial charge in [-0.1, -0.05) is 29.4 Å². The summed E-state index contributed by atoms with van der Waals surface area (Å²) in [4.78, 5) is 0. The zero-order valence-corrected chi connectivity index (χ0v) is 16.2. The second-order valence-corrected chi connectivity index (χ2v) is 7.59. The van der Waals surface area contributed by atoms with Crippen molar-refractivity contribution in [2.24, 2.45) is 0 Å². The number of hydrogen-bond acceptors (Lipinski definition) is 9. The van der Waals surface area contributed by atoms with Crippen LogP contribution in [0.1, 0.15) is 17.2 Å². The van der Waals surface area contributed by atoms with E-state index in [9.17, 15) is 25.5 Å². The minimum Gasteiger partial charge on any atom is -0.394 e. The standard InChI is InChI=1S/C21H24N2O7/c1-9-6-10(11-3-5-14-13(7-11)21(22)23-30-14)2-4-12(9)16(25)20-19(28)18(27)17(26)15(8-24)29-20/h2-7,15-20,24-28H,8H2,1H3,(H2,22,23)/t15?,16-,17-,18?,19?,20-/m1/s1. The summed E-state index contributed by atoms with van der Waals surface area (Å²) in [5.74, 6) is 0.304. The van der Waals surface area contributed by atoms with E-state index in [2.05, 4.69) is 5.16 Å². The Morgan fingerprint density at radius 3 is 2.43 bits per heavy atom. The van der Waals surface area contributed by atoms with Crippen molar-refractivity contribution < 1.29 is 34.8 Å². The highest BCUT2D eigenvalue weighted by molar-refractivity contribution is 5.90. The van der Waals surface area contributed by atoms with E-state index in [0.29, 0.717) is 22.4 Å². The Labute approximate surface area is 171 Å². The number of aliphatic hydroxyl groups excluding tert-OH is 5. The summed E-state index contributed by atoms with van der Waals surface area (Å²) >= 11 is 0. The predicted molar refractivity (Wildman–Crippen MR) is 107 cm³/mol. The number of nitrogens with zero attached hydrogens (tertiary/aromatic N) is 1. The molecule has 2 heterocycles. The van der Waals surface area contributed by atoms with Crippen molar-refractivity contribution in [3.05, 3.63) is 47.5 Å². The summed E-state index contributed by atoms with van der Waals surface area (Å²) in [5, 5.41) is 54.8. The first-order valence-electron chi connectivity index (χ1n) is 9.56. The van der Waals surface area contributed by atoms with E-state index in [1.54, 1.807) is 25.1 Å². The number of nitrogen functional groups attached to an aromatic ring is 1. The van der Waals surface area contributed by atoms with Crippen LogP contribution in [-0.4, -0.2) is 67.8 Å². The molecule has 9 nitrogen and oxygen atoms in total. The third-order valence-corrected chi connectivity index (χ3v) is 5.66. The van der Waals surface area contributed by atoms with Gasteiger partial charge in [-0.05, 0) is 41.3 Å². The molecule has 0 bridgehead atoms. The van der Waals surface area contributed by atoms with E-state index in [1.807, 2.05) is 18.2 Å². The lowest BCUT2D eigenvalue weighted by atomic mass is 9.88. The van der Waals surface area contributed by atoms with Gasteiger partial charge in [0.2, 0.25) is 0 Å². The maximum Gasteiger partial charge on any atom is 0.174 e. The van der Waals surface area contributed by atoms with E-state index in [1.165, 1.54) is 0 Å². The van der Waals surface area contributed by atoms with Gasteiger partial charge >= 0.3 is 0 Å². The van der Waals surface area contributed by atoms with Crippen LogP contribution in [0.4, 0.5) is 5.82 Å². The number of hydrogen-bond donors (Lipinski definition) is 6. The summed E-state index contributed by atoms with van der Waals surface area (Å²) in [6.07, 6.45) is -8.11. The first kappa shape index (κ1) is 20.7. The monoisotopic (exact) mass is 416 g/mol. The fourth-order valence-electron chi connectivity index (χ4n) is 3.89. The molecule has 160 valence electrons. The van der Waals surface area contributed by atoms with Crippen LogP contribution in [0, 0.1) is 6.92 Å². The van der Waals surface area contributed by atoms with Crippen molar-refractivity contribution in [3.8, 4) is 11.1 Å². The number of benzene rings is 2. The normalized spacial score (nSPS) is 28.0. The summed E-state index contributed by atoms with van der Waals surface area (Å²) in [7, 11) is 0. The van der Waals surface area contributed by atoms with Crippen LogP contribution < -0.4 is 5.73 Å². The van der Waals surface area contributed by atoms with Gasteiger partial charge in [0.1, 0.15) is 36.6 Å². The molecule has 1 fully saturated rings. The molecule has 30 heavy (non-hydrogen) atoms. The van der Waals surface area contributed by atoms with E-state index in [-0.39, 0.29) is 0 Å². The van der Waals surface area contributed by atoms with Crippen LogP contribution in [0.15, 0.2) is 40.9 Å². The molecule has 7 N–H and O–H groups in total. The van der Waals surface area contributed by atoms with Crippen molar-refractivity contribution in [1.29, 1.82) is 0 Å². The Morgan fingerprint density at radius 1 is 1.03 bits per heavy atom. The van der Waals surface area contributed by atoms with Crippen LogP contribution in [-0.2, 0) is 4.74 Å². The van der Waals surface area contributed by atoms with E-state index < -0.39 is 43.2 Å². The molecule has 9 heteroatoms. The summed E-state index contributed by atoms with van der Waals surface area (Å²) in [6, 6.07) is 10.9. The number of ether oxygens (including phenoxy) is 1. The van der Waals surface area contributed by atoms with E-state index in [0.717, 1.165) is 16.7 Å². The Bertz CT molecular complexity index is 1050. The van der Waals surface area contributed by atoms with Gasteiger partial charge in [0.05, 0.1) is 12.0 Å². The van der Waals surface area contributed by atoms with Gasteiger partial charge < -0.3 is 40.5 Å². The first-order chi connectivity index (χ1) is 14.3. The summed E-state index contributed by atoms with van der Waals surface area (Å²) < 4.78 is 10.6. The average molecular weight is 416 g/mol. The Balaban J connectivity index is 1.63. The number of rotatable bonds is 4. The number of aromatic nitrogens is 1. The molecular formula is C21H24N2O7. The zero-order valence-electron chi connectivity index (χ0n) is 16.2. The number of fused-ring (bicyclic) bond motifs is 1. The smallest absolute Gasteiger partial charge is 0.174 e. The van der Waals surface area contributed by atoms with Gasteiger partial charge in [-0.15, -0.1) is 0 Å². The summed E-state index contributed by atoms with van der Waals surface area (Å²) in [6.45, 7) is 1.25. The fourth-order valence-corrected chi connectivity index (χ4v) is 3.89. The molecule has 0 aliphatic carbocycles. The number of aryl methyl sites for hydroxylation is 1. The number of anilines is 1. The molecule has 2 aromatic carbocycles. The minimum absolute atomic E-state index is 0.304. The van der Waals surface area contributed by atoms with Gasteiger partial charge in [0.25, 0.3) is 0 Å². The van der Waals surface area contributed by atoms with Gasteiger partial charge in [-0.2, -0.15) is 0 Å². The Kier molecular flexibility index (Phi) is 5.49. The van der Waals surface area contributed by atoms with Gasteiger partial charge in [0, 0.05) is 0 Å². The van der Waals surface area contributed by atoms with Crippen molar-refractivity contribution in [2.75, 3.05) is 12.3 Å². The van der Waals surface area contributed by atoms with Crippen LogP contribution in [0.25, 0.3) is 22.1 Å². The Hall–Kier alpha value is -2.53. The molecule has 6 atom stereocenters. The predicted octanol–water partition coefficient (Wildman–Crippen LogP) is 0.261. The number of aliphatic hydroxyl groups is 5. The molecule has 3 aromatic rings. The molecule has 1 saturated heterocycles. The molecule has 0 saturated carbocycles. The topological polar surface area (TPSA) is 162 Å². The zero-order chi connectivity index (χ0) is 21.6. The highest BCUT2D eigenvalue weighted by Crippen LogP contribution is 2.34. The van der Waals surface area contributed by atoms with E-state index >= 15 is 0 Å². The average Bonchev–Trinajstić information content (AvgIpc) is 3.12. The highest BCUT2D eigenvalue weighted by Gasteiger charge is 2.46. The second kappa shape index (κ2) is 7.95. The summed E-state index contributed by atoms with van der Waals surface area (Å²) in [5.41, 5.74) is 9.39. The van der Waals surface area contributed by atoms with Gasteiger partial charge in [0.15, 0.2) is 11.4 Å². The molecule has 1 aromatic heterocycles. The lowest BCUT2D eigenvalue weighted by Gasteiger charge is -2.42. The van der Waals surface area contributed by atoms with Gasteiger partial charge in [-0.3, -0.25) is 0 Å². The molecule has 0 radical (unpaired) electrons. The maximum absolute atomic E-state index is 10.8. The fraction of sp³-hybridized carbons (Fsp3) is 0.381. The van der Waals surface area contributed by atoms with Crippen molar-refractivity contribution >= 4 is 16.8 Å². The molecule has 0 amide bonds. The SMILES string of the molecule is Cc1cc(-c2ccc3onc(N)c3c2)ccc1[C@@H](O)[C@H]1OC(CO)[C@@H](O)C(O)C1O. The van der Waals surface area contributed by atoms with Crippen LogP contribution in [0.2, 0.25) is 0 Å². The molecule has 3 unspecified atom stereocenters. The van der Waals surface area contributed by atoms with E-state index in [4.69, 9.17) is 15.0 Å². The number of nitrogens with two attached hydrogens (primary N) is 1. The molecule has 1 aliphatic rings. The third-order valence-electron chi connectivity index (χ3n) is 5.66. The first-order valence-corrected chi connectivity index (χ1v) is 9.56. The lowest BCUT2D eigenvalue weighted by molar-refractivity contribution is -0.250. The second-order valence-electron chi connectivity index (χ2n) is 7.59. The molecule has 0 spiro atoms. The quantitative estimate of drug-likeness (QED) is 0.350. The molecule has 4 rings (SSSR count). The van der Waals surface area contributed by atoms with Crippen LogP contribution in [0.5, 0.6) is 0 Å². The van der Waals surface area contributed by atoms with Crippen molar-refractivity contribution in [3.63, 3.8) is 0 Å². The van der Waals surface area contributed by atoms with Gasteiger partial charge in [-0.25, -0.2) is 0 Å². The van der Waals surface area contributed by atoms with Crippen LogP contribution >= 0.6 is 0 Å². The third kappa shape index (κ3) is 3.45. The van der Waals surface area contributed by atoms with Crippen molar-refractivity contribution in [2.45, 2.75) is 43.5 Å². The molecular weight excluding hydrogens is 392 g/mol. The molecule has 1 aliphatic heterocycles. The maximum atomic E-state index is 10.8. The van der Waals surface area contributed by atoms with Crippen molar-refractivity contribution in [1.82, 2.24) is 5.16 Å². The van der Waals surface area contributed by atoms with Crippen LogP contribution in [0.3, 0.4) is 0 Å². The minimum atomic E-state index is -1.55. The lowest BCUT2D eigenvalue weighted by Crippen LogP contribution is -2.59. The Morgan fingerprint density at radius 2 is 1.73 bits per heavy atom. The largest absolute Gasteiger partial charge is 0.394 e.